The van der Waals surface area contributed by atoms with Crippen LogP contribution in [0.25, 0.3) is 0 Å². The summed E-state index contributed by atoms with van der Waals surface area (Å²) >= 11 is 1.63. The van der Waals surface area contributed by atoms with Crippen LogP contribution in [-0.4, -0.2) is 15.7 Å². The largest absolute Gasteiger partial charge is 0.383 e. The summed E-state index contributed by atoms with van der Waals surface area (Å²) in [7, 11) is 1.70. The van der Waals surface area contributed by atoms with Crippen molar-refractivity contribution in [2.24, 2.45) is 7.05 Å². The normalized spacial score (nSPS) is 10.5. The van der Waals surface area contributed by atoms with Gasteiger partial charge in [0.1, 0.15) is 11.4 Å². The maximum Gasteiger partial charge on any atom is 0.256 e. The first-order valence-corrected chi connectivity index (χ1v) is 6.06. The van der Waals surface area contributed by atoms with Gasteiger partial charge in [0.05, 0.1) is 12.7 Å². The van der Waals surface area contributed by atoms with Crippen LogP contribution in [0.5, 0.6) is 0 Å². The summed E-state index contributed by atoms with van der Waals surface area (Å²) in [5, 5.41) is 8.78. The van der Waals surface area contributed by atoms with Gasteiger partial charge >= 0.3 is 0 Å². The average molecular weight is 250 g/mol. The van der Waals surface area contributed by atoms with Gasteiger partial charge in [-0.2, -0.15) is 5.10 Å². The number of carbonyl (C=O) groups is 1. The molecular weight excluding hydrogens is 236 g/mol. The van der Waals surface area contributed by atoms with Crippen LogP contribution in [0.1, 0.15) is 20.8 Å². The number of rotatable bonds is 3. The second-order valence-electron chi connectivity index (χ2n) is 3.78. The molecule has 0 saturated heterocycles. The maximum absolute atomic E-state index is 11.8. The number of hydrogen-bond donors (Lipinski definition) is 2. The zero-order chi connectivity index (χ0) is 12.4. The van der Waals surface area contributed by atoms with Crippen LogP contribution in [0.3, 0.4) is 0 Å². The van der Waals surface area contributed by atoms with E-state index in [1.807, 2.05) is 18.4 Å². The van der Waals surface area contributed by atoms with E-state index in [9.17, 15) is 4.79 Å². The minimum Gasteiger partial charge on any atom is -0.383 e. The molecule has 17 heavy (non-hydrogen) atoms. The molecule has 0 unspecified atom stereocenters. The molecule has 0 aromatic carbocycles. The van der Waals surface area contributed by atoms with E-state index in [0.717, 1.165) is 4.88 Å². The van der Waals surface area contributed by atoms with Gasteiger partial charge < -0.3 is 11.1 Å². The molecule has 0 saturated carbocycles. The van der Waals surface area contributed by atoms with Crippen LogP contribution in [0.2, 0.25) is 0 Å². The Bertz CT molecular complexity index is 543. The van der Waals surface area contributed by atoms with Crippen molar-refractivity contribution >= 4 is 23.1 Å². The highest BCUT2D eigenvalue weighted by molar-refractivity contribution is 7.10. The zero-order valence-electron chi connectivity index (χ0n) is 9.73. The molecule has 0 bridgehead atoms. The Morgan fingerprint density at radius 3 is 2.94 bits per heavy atom. The maximum atomic E-state index is 11.8. The first kappa shape index (κ1) is 11.7. The highest BCUT2D eigenvalue weighted by Gasteiger charge is 2.13. The average Bonchev–Trinajstić information content (AvgIpc) is 2.84. The lowest BCUT2D eigenvalue weighted by atomic mass is 10.2. The number of aromatic nitrogens is 2. The molecule has 2 heterocycles. The minimum absolute atomic E-state index is 0.191. The number of amides is 1. The van der Waals surface area contributed by atoms with Gasteiger partial charge in [0.25, 0.3) is 5.91 Å². The Morgan fingerprint density at radius 2 is 2.41 bits per heavy atom. The minimum atomic E-state index is -0.191. The summed E-state index contributed by atoms with van der Waals surface area (Å²) in [6.07, 6.45) is 1.48. The molecule has 0 spiro atoms. The van der Waals surface area contributed by atoms with Gasteiger partial charge in [0, 0.05) is 11.9 Å². The topological polar surface area (TPSA) is 72.9 Å². The molecule has 5 nitrogen and oxygen atoms in total. The van der Waals surface area contributed by atoms with E-state index in [0.29, 0.717) is 17.9 Å². The third-order valence-corrected chi connectivity index (χ3v) is 3.63. The molecule has 90 valence electrons. The van der Waals surface area contributed by atoms with Crippen LogP contribution in [0.15, 0.2) is 17.6 Å². The van der Waals surface area contributed by atoms with Gasteiger partial charge in [-0.05, 0) is 23.9 Å². The molecule has 3 N–H and O–H groups in total. The Morgan fingerprint density at radius 1 is 1.65 bits per heavy atom. The van der Waals surface area contributed by atoms with E-state index >= 15 is 0 Å². The lowest BCUT2D eigenvalue weighted by Gasteiger charge is -2.04. The fraction of sp³-hybridized carbons (Fsp3) is 0.273. The molecule has 0 aliphatic carbocycles. The van der Waals surface area contributed by atoms with Gasteiger partial charge in [0.15, 0.2) is 0 Å². The summed E-state index contributed by atoms with van der Waals surface area (Å²) in [5.41, 5.74) is 7.33. The number of nitrogen functional groups attached to an aromatic ring is 1. The van der Waals surface area contributed by atoms with Crippen molar-refractivity contribution < 1.29 is 4.79 Å². The highest BCUT2D eigenvalue weighted by Crippen LogP contribution is 2.15. The standard InChI is InChI=1S/C11H14N4OS/c1-7-3-4-17-9(7)6-13-11(16)8-5-14-15(2)10(8)12/h3-5H,6,12H2,1-2H3,(H,13,16). The molecule has 0 radical (unpaired) electrons. The Balaban J connectivity index is 2.03. The Kier molecular flexibility index (Phi) is 3.14. The number of carbonyl (C=O) groups excluding carboxylic acids is 1. The number of aryl methyl sites for hydroxylation is 2. The van der Waals surface area contributed by atoms with Crippen molar-refractivity contribution in [2.45, 2.75) is 13.5 Å². The molecule has 2 rings (SSSR count). The quantitative estimate of drug-likeness (QED) is 0.862. The second kappa shape index (κ2) is 4.58. The van der Waals surface area contributed by atoms with E-state index in [-0.39, 0.29) is 5.91 Å². The fourth-order valence-electron chi connectivity index (χ4n) is 1.46. The van der Waals surface area contributed by atoms with Crippen molar-refractivity contribution in [1.82, 2.24) is 15.1 Å². The third kappa shape index (κ3) is 2.31. The Hall–Kier alpha value is -1.82. The molecular formula is C11H14N4OS. The van der Waals surface area contributed by atoms with Crippen LogP contribution >= 0.6 is 11.3 Å². The molecule has 0 atom stereocenters. The van der Waals surface area contributed by atoms with Gasteiger partial charge in [0.2, 0.25) is 0 Å². The summed E-state index contributed by atoms with van der Waals surface area (Å²) in [6.45, 7) is 2.55. The summed E-state index contributed by atoms with van der Waals surface area (Å²) < 4.78 is 1.48. The first-order valence-electron chi connectivity index (χ1n) is 5.18. The molecule has 2 aromatic heterocycles. The third-order valence-electron chi connectivity index (χ3n) is 2.61. The Labute approximate surface area is 103 Å². The number of hydrogen-bond acceptors (Lipinski definition) is 4. The number of anilines is 1. The van der Waals surface area contributed by atoms with E-state index < -0.39 is 0 Å². The van der Waals surface area contributed by atoms with Crippen molar-refractivity contribution in [2.75, 3.05) is 5.73 Å². The van der Waals surface area contributed by atoms with Gasteiger partial charge in [-0.3, -0.25) is 9.48 Å². The summed E-state index contributed by atoms with van der Waals surface area (Å²) in [6, 6.07) is 2.03. The van der Waals surface area contributed by atoms with E-state index in [1.54, 1.807) is 18.4 Å². The molecule has 6 heteroatoms. The van der Waals surface area contributed by atoms with E-state index in [1.165, 1.54) is 16.4 Å². The van der Waals surface area contributed by atoms with E-state index in [2.05, 4.69) is 10.4 Å². The molecule has 0 fully saturated rings. The van der Waals surface area contributed by atoms with Crippen LogP contribution in [0.4, 0.5) is 5.82 Å². The fourth-order valence-corrected chi connectivity index (χ4v) is 2.31. The van der Waals surface area contributed by atoms with Crippen LogP contribution in [-0.2, 0) is 13.6 Å². The van der Waals surface area contributed by atoms with Crippen molar-refractivity contribution in [1.29, 1.82) is 0 Å². The smallest absolute Gasteiger partial charge is 0.256 e. The lowest BCUT2D eigenvalue weighted by Crippen LogP contribution is -2.23. The number of nitrogens with zero attached hydrogens (tertiary/aromatic N) is 2. The predicted molar refractivity (Wildman–Crippen MR) is 67.8 cm³/mol. The van der Waals surface area contributed by atoms with Crippen molar-refractivity contribution in [3.05, 3.63) is 33.6 Å². The number of thiophene rings is 1. The molecule has 2 aromatic rings. The van der Waals surface area contributed by atoms with Gasteiger partial charge in [-0.25, -0.2) is 0 Å². The van der Waals surface area contributed by atoms with Crippen molar-refractivity contribution in [3.8, 4) is 0 Å². The first-order chi connectivity index (χ1) is 8.09. The molecule has 1 amide bonds. The lowest BCUT2D eigenvalue weighted by molar-refractivity contribution is 0.0952. The van der Waals surface area contributed by atoms with Crippen LogP contribution in [0, 0.1) is 6.92 Å². The second-order valence-corrected chi connectivity index (χ2v) is 4.78. The molecule has 0 aliphatic heterocycles. The zero-order valence-corrected chi connectivity index (χ0v) is 10.5. The van der Waals surface area contributed by atoms with Crippen molar-refractivity contribution in [3.63, 3.8) is 0 Å². The van der Waals surface area contributed by atoms with E-state index in [4.69, 9.17) is 5.73 Å². The van der Waals surface area contributed by atoms with Gasteiger partial charge in [-0.15, -0.1) is 11.3 Å². The monoisotopic (exact) mass is 250 g/mol. The van der Waals surface area contributed by atoms with Gasteiger partial charge in [-0.1, -0.05) is 0 Å². The SMILES string of the molecule is Cc1ccsc1CNC(=O)c1cnn(C)c1N. The number of nitrogens with two attached hydrogens (primary N) is 1. The predicted octanol–water partition coefficient (Wildman–Crippen LogP) is 1.30. The molecule has 0 aliphatic rings. The summed E-state index contributed by atoms with van der Waals surface area (Å²) in [4.78, 5) is 13.0. The highest BCUT2D eigenvalue weighted by atomic mass is 32.1. The number of nitrogens with one attached hydrogen (secondary N) is 1. The van der Waals surface area contributed by atoms with Crippen LogP contribution < -0.4 is 11.1 Å². The summed E-state index contributed by atoms with van der Waals surface area (Å²) in [5.74, 6) is 0.189.